The monoisotopic (exact) mass is 412 g/mol. The van der Waals surface area contributed by atoms with Crippen molar-refractivity contribution in [2.45, 2.75) is 0 Å². The molecule has 0 N–H and O–H groups in total. The summed E-state index contributed by atoms with van der Waals surface area (Å²) in [5.41, 5.74) is 6.97. The van der Waals surface area contributed by atoms with E-state index in [4.69, 9.17) is 4.98 Å². The predicted molar refractivity (Wildman–Crippen MR) is 126 cm³/mol. The van der Waals surface area contributed by atoms with Crippen LogP contribution in [-0.4, -0.2) is 29.1 Å². The summed E-state index contributed by atoms with van der Waals surface area (Å²) in [5, 5.41) is 2.25. The predicted octanol–water partition coefficient (Wildman–Crippen LogP) is 5.46. The fraction of sp³-hybridized carbons (Fsp3) is 0. The van der Waals surface area contributed by atoms with Crippen LogP contribution in [0.15, 0.2) is 97.7 Å². The highest BCUT2D eigenvalue weighted by Crippen LogP contribution is 2.39. The van der Waals surface area contributed by atoms with E-state index in [9.17, 15) is 0 Å². The highest BCUT2D eigenvalue weighted by molar-refractivity contribution is 6.21. The molecule has 32 heavy (non-hydrogen) atoms. The van der Waals surface area contributed by atoms with Crippen molar-refractivity contribution >= 4 is 43.9 Å². The molecule has 0 bridgehead atoms. The van der Waals surface area contributed by atoms with E-state index < -0.39 is 0 Å². The lowest BCUT2D eigenvalue weighted by Crippen LogP contribution is -2.00. The number of pyridine rings is 2. The summed E-state index contributed by atoms with van der Waals surface area (Å²) >= 11 is 0. The number of hydrogen-bond donors (Lipinski definition) is 0. The van der Waals surface area contributed by atoms with Crippen LogP contribution in [0.1, 0.15) is 0 Å². The Morgan fingerprint density at radius 3 is 2.28 bits per heavy atom. The Balaban J connectivity index is 1.81. The molecule has 150 valence electrons. The number of fused-ring (bicyclic) bond motifs is 7. The average molecular weight is 412 g/mol. The van der Waals surface area contributed by atoms with Crippen LogP contribution in [0.3, 0.4) is 0 Å². The van der Waals surface area contributed by atoms with Gasteiger partial charge in [0.2, 0.25) is 0 Å². The molecule has 0 atom stereocenters. The molecule has 0 fully saturated rings. The Labute approximate surface area is 182 Å². The molecule has 0 aliphatic carbocycles. The maximum Gasteiger partial charge on any atom is 0.141 e. The molecule has 0 amide bonds. The van der Waals surface area contributed by atoms with Crippen molar-refractivity contribution in [1.82, 2.24) is 29.1 Å². The molecular weight excluding hydrogens is 396 g/mol. The molecule has 0 aliphatic rings. The molecule has 6 nitrogen and oxygen atoms in total. The minimum Gasteiger partial charge on any atom is -0.307 e. The number of rotatable bonds is 2. The van der Waals surface area contributed by atoms with Gasteiger partial charge in [-0.2, -0.15) is 0 Å². The molecule has 6 heteroatoms. The number of benzene rings is 2. The van der Waals surface area contributed by atoms with Crippen LogP contribution in [-0.2, 0) is 0 Å². The summed E-state index contributed by atoms with van der Waals surface area (Å²) in [4.78, 5) is 18.3. The molecule has 0 spiro atoms. The summed E-state index contributed by atoms with van der Waals surface area (Å²) in [6.45, 7) is 0. The zero-order valence-electron chi connectivity index (χ0n) is 16.9. The first-order chi connectivity index (χ1) is 15.9. The van der Waals surface area contributed by atoms with Gasteiger partial charge in [0.05, 0.1) is 16.6 Å². The van der Waals surface area contributed by atoms with Gasteiger partial charge in [-0.05, 0) is 36.4 Å². The van der Waals surface area contributed by atoms with Crippen LogP contribution in [0.5, 0.6) is 0 Å². The second-order valence-corrected chi connectivity index (χ2v) is 7.68. The van der Waals surface area contributed by atoms with Crippen molar-refractivity contribution in [3.63, 3.8) is 0 Å². The van der Waals surface area contributed by atoms with Crippen molar-refractivity contribution in [2.75, 3.05) is 0 Å². The van der Waals surface area contributed by atoms with Crippen LogP contribution in [0, 0.1) is 0 Å². The highest BCUT2D eigenvalue weighted by atomic mass is 15.1. The number of nitrogens with zero attached hydrogens (tertiary/aromatic N) is 6. The summed E-state index contributed by atoms with van der Waals surface area (Å²) in [6.07, 6.45) is 7.11. The summed E-state index contributed by atoms with van der Waals surface area (Å²) in [7, 11) is 0. The largest absolute Gasteiger partial charge is 0.307 e. The van der Waals surface area contributed by atoms with E-state index in [1.54, 1.807) is 12.5 Å². The molecule has 0 unspecified atom stereocenters. The molecular formula is C26H16N6. The molecule has 0 saturated carbocycles. The van der Waals surface area contributed by atoms with Crippen LogP contribution in [0.25, 0.3) is 55.4 Å². The Morgan fingerprint density at radius 2 is 1.41 bits per heavy atom. The molecule has 0 aliphatic heterocycles. The first kappa shape index (κ1) is 17.1. The van der Waals surface area contributed by atoms with E-state index in [0.717, 1.165) is 55.4 Å². The number of para-hydroxylation sites is 2. The van der Waals surface area contributed by atoms with Gasteiger partial charge in [-0.25, -0.2) is 9.97 Å². The second kappa shape index (κ2) is 6.46. The fourth-order valence-corrected chi connectivity index (χ4v) is 4.70. The topological polar surface area (TPSA) is 61.4 Å². The summed E-state index contributed by atoms with van der Waals surface area (Å²) in [5.74, 6) is 0.784. The zero-order chi connectivity index (χ0) is 21.1. The first-order valence-electron chi connectivity index (χ1n) is 10.4. The van der Waals surface area contributed by atoms with Crippen LogP contribution in [0.2, 0.25) is 0 Å². The third kappa shape index (κ3) is 2.23. The van der Waals surface area contributed by atoms with Crippen LogP contribution < -0.4 is 0 Å². The molecule has 7 aromatic rings. The Kier molecular flexibility index (Phi) is 3.46. The van der Waals surface area contributed by atoms with E-state index in [1.807, 2.05) is 30.6 Å². The number of hydrogen-bond acceptors (Lipinski definition) is 4. The first-order valence-corrected chi connectivity index (χ1v) is 10.4. The standard InChI is InChI=1S/C26H16N6/c1-2-7-17(8-3-1)31-20-10-5-4-9-18(20)19-15-29-24-23-21(11-6-13-28-23)32(26(24)25(19)31)22-12-14-27-16-30-22/h1-16H. The molecule has 0 saturated heterocycles. The summed E-state index contributed by atoms with van der Waals surface area (Å²) < 4.78 is 4.46. The zero-order valence-corrected chi connectivity index (χ0v) is 16.9. The highest BCUT2D eigenvalue weighted by Gasteiger charge is 2.22. The second-order valence-electron chi connectivity index (χ2n) is 7.68. The van der Waals surface area contributed by atoms with Crippen LogP contribution >= 0.6 is 0 Å². The van der Waals surface area contributed by atoms with Gasteiger partial charge in [0.15, 0.2) is 0 Å². The van der Waals surface area contributed by atoms with Crippen molar-refractivity contribution in [1.29, 1.82) is 0 Å². The molecule has 7 rings (SSSR count). The van der Waals surface area contributed by atoms with Gasteiger partial charge in [-0.3, -0.25) is 14.5 Å². The number of aromatic nitrogens is 6. The third-order valence-corrected chi connectivity index (χ3v) is 5.97. The normalized spacial score (nSPS) is 11.8. The quantitative estimate of drug-likeness (QED) is 0.378. The minimum atomic E-state index is 0.784. The van der Waals surface area contributed by atoms with Crippen molar-refractivity contribution < 1.29 is 0 Å². The van der Waals surface area contributed by atoms with Gasteiger partial charge in [0, 0.05) is 35.1 Å². The maximum atomic E-state index is 4.90. The third-order valence-electron chi connectivity index (χ3n) is 5.97. The van der Waals surface area contributed by atoms with Gasteiger partial charge < -0.3 is 4.57 Å². The smallest absolute Gasteiger partial charge is 0.141 e. The van der Waals surface area contributed by atoms with E-state index >= 15 is 0 Å². The Bertz CT molecular complexity index is 1630. The van der Waals surface area contributed by atoms with Crippen molar-refractivity contribution in [3.05, 3.63) is 97.7 Å². The SMILES string of the molecule is c1ccc(-n2c3ccccc3c3cnc4c5ncccc5n(-c5ccncn5)c4c32)cc1. The lowest BCUT2D eigenvalue weighted by Gasteiger charge is -2.11. The average Bonchev–Trinajstić information content (AvgIpc) is 3.38. The van der Waals surface area contributed by atoms with Gasteiger partial charge in [-0.15, -0.1) is 0 Å². The Morgan fingerprint density at radius 1 is 0.562 bits per heavy atom. The lowest BCUT2D eigenvalue weighted by atomic mass is 10.2. The van der Waals surface area contributed by atoms with Crippen molar-refractivity contribution in [3.8, 4) is 11.5 Å². The molecule has 2 aromatic carbocycles. The van der Waals surface area contributed by atoms with Crippen LogP contribution in [0.4, 0.5) is 0 Å². The van der Waals surface area contributed by atoms with Gasteiger partial charge in [-0.1, -0.05) is 36.4 Å². The summed E-state index contributed by atoms with van der Waals surface area (Å²) in [6, 6.07) is 24.8. The van der Waals surface area contributed by atoms with E-state index in [0.29, 0.717) is 0 Å². The molecule has 0 radical (unpaired) electrons. The minimum absolute atomic E-state index is 0.784. The van der Waals surface area contributed by atoms with E-state index in [-0.39, 0.29) is 0 Å². The van der Waals surface area contributed by atoms with E-state index in [2.05, 4.69) is 78.7 Å². The van der Waals surface area contributed by atoms with E-state index in [1.165, 1.54) is 0 Å². The molecule has 5 heterocycles. The molecule has 5 aromatic heterocycles. The Hall–Kier alpha value is -4.58. The van der Waals surface area contributed by atoms with Gasteiger partial charge in [0.1, 0.15) is 28.7 Å². The van der Waals surface area contributed by atoms with Crippen molar-refractivity contribution in [2.24, 2.45) is 0 Å². The fourth-order valence-electron chi connectivity index (χ4n) is 4.70. The maximum absolute atomic E-state index is 4.90. The van der Waals surface area contributed by atoms with Gasteiger partial charge >= 0.3 is 0 Å². The van der Waals surface area contributed by atoms with Gasteiger partial charge in [0.25, 0.3) is 0 Å². The lowest BCUT2D eigenvalue weighted by molar-refractivity contribution is 1.03.